The van der Waals surface area contributed by atoms with Crippen molar-refractivity contribution in [1.82, 2.24) is 5.32 Å². The number of carboxylic acids is 1. The van der Waals surface area contributed by atoms with E-state index in [1.165, 1.54) is 0 Å². The van der Waals surface area contributed by atoms with Crippen molar-refractivity contribution in [2.24, 2.45) is 11.1 Å². The van der Waals surface area contributed by atoms with E-state index in [4.69, 9.17) is 5.73 Å². The first-order chi connectivity index (χ1) is 9.95. The molecule has 0 aliphatic heterocycles. The van der Waals surface area contributed by atoms with Gasteiger partial charge in [0.15, 0.2) is 0 Å². The first kappa shape index (κ1) is 17.2. The highest BCUT2D eigenvalue weighted by Gasteiger charge is 2.35. The van der Waals surface area contributed by atoms with Gasteiger partial charge in [0.25, 0.3) is 0 Å². The minimum absolute atomic E-state index is 0.108. The molecule has 116 valence electrons. The lowest BCUT2D eigenvalue weighted by molar-refractivity contribution is -0.149. The number of carboxylic acid groups (broad SMARTS) is 1. The number of aliphatic carboxylic acids is 1. The molecule has 21 heavy (non-hydrogen) atoms. The van der Waals surface area contributed by atoms with Crippen molar-refractivity contribution in [2.75, 3.05) is 6.54 Å². The van der Waals surface area contributed by atoms with E-state index in [1.807, 2.05) is 44.2 Å². The summed E-state index contributed by atoms with van der Waals surface area (Å²) in [5.41, 5.74) is 5.95. The quantitative estimate of drug-likeness (QED) is 0.678. The Morgan fingerprint density at radius 1 is 1.24 bits per heavy atom. The molecular formula is C16H24N2O3. The summed E-state index contributed by atoms with van der Waals surface area (Å²) in [6.45, 7) is 3.73. The lowest BCUT2D eigenvalue weighted by Crippen LogP contribution is -2.48. The van der Waals surface area contributed by atoms with Crippen molar-refractivity contribution < 1.29 is 14.7 Å². The number of carbonyl (C=O) groups excluding carboxylic acids is 1. The lowest BCUT2D eigenvalue weighted by Gasteiger charge is -2.27. The number of benzene rings is 1. The van der Waals surface area contributed by atoms with E-state index in [0.29, 0.717) is 19.3 Å². The molecule has 1 amide bonds. The Hall–Kier alpha value is -1.88. The van der Waals surface area contributed by atoms with Crippen LogP contribution in [0.3, 0.4) is 0 Å². The van der Waals surface area contributed by atoms with Crippen molar-refractivity contribution in [3.05, 3.63) is 35.9 Å². The summed E-state index contributed by atoms with van der Waals surface area (Å²) >= 11 is 0. The van der Waals surface area contributed by atoms with Crippen LogP contribution in [0.1, 0.15) is 32.3 Å². The predicted octanol–water partition coefficient (Wildman–Crippen LogP) is 1.56. The molecule has 0 bridgehead atoms. The van der Waals surface area contributed by atoms with Crippen molar-refractivity contribution in [3.8, 4) is 0 Å². The summed E-state index contributed by atoms with van der Waals surface area (Å²) in [6.07, 6.45) is 1.37. The van der Waals surface area contributed by atoms with Gasteiger partial charge in [-0.2, -0.15) is 0 Å². The van der Waals surface area contributed by atoms with Gasteiger partial charge in [0.1, 0.15) is 0 Å². The third-order valence-electron chi connectivity index (χ3n) is 4.04. The highest BCUT2D eigenvalue weighted by atomic mass is 16.4. The van der Waals surface area contributed by atoms with Crippen LogP contribution in [-0.4, -0.2) is 29.6 Å². The topological polar surface area (TPSA) is 92.4 Å². The number of nitrogens with one attached hydrogen (secondary N) is 1. The maximum Gasteiger partial charge on any atom is 0.311 e. The SMILES string of the molecule is CCC(CC)(CNC(=O)C(N)Cc1ccccc1)C(=O)O. The zero-order chi connectivity index (χ0) is 15.9. The predicted molar refractivity (Wildman–Crippen MR) is 81.8 cm³/mol. The molecule has 0 spiro atoms. The van der Waals surface area contributed by atoms with E-state index < -0.39 is 17.4 Å². The number of nitrogens with two attached hydrogens (primary N) is 1. The largest absolute Gasteiger partial charge is 0.481 e. The fraction of sp³-hybridized carbons (Fsp3) is 0.500. The van der Waals surface area contributed by atoms with Crippen LogP contribution in [0.15, 0.2) is 30.3 Å². The summed E-state index contributed by atoms with van der Waals surface area (Å²) in [5.74, 6) is -1.20. The minimum atomic E-state index is -0.915. The molecule has 0 saturated carbocycles. The molecule has 0 radical (unpaired) electrons. The Balaban J connectivity index is 2.58. The van der Waals surface area contributed by atoms with Crippen LogP contribution in [0.4, 0.5) is 0 Å². The van der Waals surface area contributed by atoms with Crippen molar-refractivity contribution in [1.29, 1.82) is 0 Å². The van der Waals surface area contributed by atoms with E-state index in [9.17, 15) is 14.7 Å². The van der Waals surface area contributed by atoms with Gasteiger partial charge in [-0.25, -0.2) is 0 Å². The van der Waals surface area contributed by atoms with Crippen LogP contribution in [0.5, 0.6) is 0 Å². The van der Waals surface area contributed by atoms with Gasteiger partial charge in [-0.1, -0.05) is 44.2 Å². The van der Waals surface area contributed by atoms with E-state index in [-0.39, 0.29) is 12.5 Å². The van der Waals surface area contributed by atoms with Crippen molar-refractivity contribution in [2.45, 2.75) is 39.2 Å². The average Bonchev–Trinajstić information content (AvgIpc) is 2.49. The van der Waals surface area contributed by atoms with Gasteiger partial charge in [-0.05, 0) is 24.8 Å². The van der Waals surface area contributed by atoms with Gasteiger partial charge < -0.3 is 16.2 Å². The molecule has 0 saturated heterocycles. The molecule has 5 heteroatoms. The number of rotatable bonds is 8. The van der Waals surface area contributed by atoms with E-state index in [2.05, 4.69) is 5.32 Å². The molecule has 1 aromatic carbocycles. The molecule has 0 fully saturated rings. The van der Waals surface area contributed by atoms with Crippen LogP contribution in [0, 0.1) is 5.41 Å². The Morgan fingerprint density at radius 3 is 2.29 bits per heavy atom. The van der Waals surface area contributed by atoms with Gasteiger partial charge in [0.05, 0.1) is 11.5 Å². The molecule has 4 N–H and O–H groups in total. The Morgan fingerprint density at radius 2 is 1.81 bits per heavy atom. The second kappa shape index (κ2) is 7.78. The van der Waals surface area contributed by atoms with Gasteiger partial charge in [-0.15, -0.1) is 0 Å². The Bertz CT molecular complexity index is 470. The summed E-state index contributed by atoms with van der Waals surface area (Å²) in [7, 11) is 0. The first-order valence-electron chi connectivity index (χ1n) is 7.25. The zero-order valence-electron chi connectivity index (χ0n) is 12.6. The maximum atomic E-state index is 12.0. The van der Waals surface area contributed by atoms with Gasteiger partial charge >= 0.3 is 5.97 Å². The highest BCUT2D eigenvalue weighted by Crippen LogP contribution is 2.25. The molecular weight excluding hydrogens is 268 g/mol. The van der Waals surface area contributed by atoms with E-state index in [1.54, 1.807) is 0 Å². The molecule has 1 rings (SSSR count). The monoisotopic (exact) mass is 292 g/mol. The van der Waals surface area contributed by atoms with Crippen molar-refractivity contribution in [3.63, 3.8) is 0 Å². The maximum absolute atomic E-state index is 12.0. The van der Waals surface area contributed by atoms with Gasteiger partial charge in [0.2, 0.25) is 5.91 Å². The second-order valence-corrected chi connectivity index (χ2v) is 5.31. The van der Waals surface area contributed by atoms with Crippen molar-refractivity contribution >= 4 is 11.9 Å². The normalized spacial score (nSPS) is 12.7. The van der Waals surface area contributed by atoms with Gasteiger partial charge in [0, 0.05) is 6.54 Å². The summed E-state index contributed by atoms with van der Waals surface area (Å²) < 4.78 is 0. The first-order valence-corrected chi connectivity index (χ1v) is 7.25. The lowest BCUT2D eigenvalue weighted by atomic mass is 9.82. The fourth-order valence-electron chi connectivity index (χ4n) is 2.23. The Labute approximate surface area is 125 Å². The molecule has 1 atom stereocenters. The molecule has 0 aromatic heterocycles. The van der Waals surface area contributed by atoms with E-state index in [0.717, 1.165) is 5.56 Å². The standard InChI is InChI=1S/C16H24N2O3/c1-3-16(4-2,15(20)21)11-18-14(19)13(17)10-12-8-6-5-7-9-12/h5-9,13H,3-4,10-11,17H2,1-2H3,(H,18,19)(H,20,21). The summed E-state index contributed by atoms with van der Waals surface area (Å²) in [4.78, 5) is 23.4. The smallest absolute Gasteiger partial charge is 0.311 e. The molecule has 0 aliphatic rings. The average molecular weight is 292 g/mol. The van der Waals surface area contributed by atoms with Crippen LogP contribution in [-0.2, 0) is 16.0 Å². The van der Waals surface area contributed by atoms with Crippen LogP contribution in [0.2, 0.25) is 0 Å². The Kier molecular flexibility index (Phi) is 6.37. The number of amides is 1. The van der Waals surface area contributed by atoms with Crippen LogP contribution in [0.25, 0.3) is 0 Å². The van der Waals surface area contributed by atoms with Crippen LogP contribution < -0.4 is 11.1 Å². The number of hydrogen-bond acceptors (Lipinski definition) is 3. The molecule has 1 aromatic rings. The molecule has 0 aliphatic carbocycles. The van der Waals surface area contributed by atoms with E-state index >= 15 is 0 Å². The molecule has 0 heterocycles. The number of hydrogen-bond donors (Lipinski definition) is 3. The fourth-order valence-corrected chi connectivity index (χ4v) is 2.23. The minimum Gasteiger partial charge on any atom is -0.481 e. The second-order valence-electron chi connectivity index (χ2n) is 5.31. The third-order valence-corrected chi connectivity index (χ3v) is 4.04. The molecule has 5 nitrogen and oxygen atoms in total. The number of carbonyl (C=O) groups is 2. The molecule has 1 unspecified atom stereocenters. The zero-order valence-corrected chi connectivity index (χ0v) is 12.6. The highest BCUT2D eigenvalue weighted by molar-refractivity contribution is 5.83. The van der Waals surface area contributed by atoms with Gasteiger partial charge in [-0.3, -0.25) is 9.59 Å². The van der Waals surface area contributed by atoms with Crippen LogP contribution >= 0.6 is 0 Å². The summed E-state index contributed by atoms with van der Waals surface area (Å²) in [5, 5.41) is 12.0. The third kappa shape index (κ3) is 4.56. The summed E-state index contributed by atoms with van der Waals surface area (Å²) in [6, 6.07) is 8.83.